The molecule has 1 aliphatic heterocycles. The van der Waals surface area contributed by atoms with E-state index in [-0.39, 0.29) is 18.1 Å². The summed E-state index contributed by atoms with van der Waals surface area (Å²) in [5, 5.41) is 5.63. The molecular formula is C23H25FN4OS. The van der Waals surface area contributed by atoms with Gasteiger partial charge in [0, 0.05) is 48.5 Å². The molecule has 1 amide bonds. The Morgan fingerprint density at radius 3 is 2.57 bits per heavy atom. The van der Waals surface area contributed by atoms with E-state index in [1.54, 1.807) is 12.1 Å². The summed E-state index contributed by atoms with van der Waals surface area (Å²) in [6, 6.07) is 12.3. The molecule has 7 heteroatoms. The highest BCUT2D eigenvalue weighted by Crippen LogP contribution is 2.26. The van der Waals surface area contributed by atoms with Crippen molar-refractivity contribution in [2.45, 2.75) is 13.3 Å². The van der Waals surface area contributed by atoms with Crippen LogP contribution in [0.2, 0.25) is 0 Å². The van der Waals surface area contributed by atoms with Gasteiger partial charge in [0.05, 0.1) is 12.1 Å². The van der Waals surface area contributed by atoms with Crippen LogP contribution in [0.15, 0.2) is 47.8 Å². The third-order valence-corrected chi connectivity index (χ3v) is 6.25. The van der Waals surface area contributed by atoms with Gasteiger partial charge in [0.1, 0.15) is 10.8 Å². The highest BCUT2D eigenvalue weighted by atomic mass is 32.1. The molecule has 2 aromatic carbocycles. The number of benzene rings is 2. The first-order chi connectivity index (χ1) is 14.5. The summed E-state index contributed by atoms with van der Waals surface area (Å²) in [5.74, 6) is -0.374. The Morgan fingerprint density at radius 1 is 1.13 bits per heavy atom. The largest absolute Gasteiger partial charge is 0.369 e. The summed E-state index contributed by atoms with van der Waals surface area (Å²) in [6.45, 7) is 6.24. The molecule has 0 unspecified atom stereocenters. The van der Waals surface area contributed by atoms with Gasteiger partial charge in [-0.05, 0) is 62.0 Å². The molecule has 5 nitrogen and oxygen atoms in total. The van der Waals surface area contributed by atoms with Crippen molar-refractivity contribution in [3.8, 4) is 10.6 Å². The van der Waals surface area contributed by atoms with Gasteiger partial charge >= 0.3 is 0 Å². The smallest absolute Gasteiger partial charge is 0.230 e. The first kappa shape index (κ1) is 20.5. The zero-order chi connectivity index (χ0) is 21.1. The highest BCUT2D eigenvalue weighted by molar-refractivity contribution is 7.13. The Morgan fingerprint density at radius 2 is 1.87 bits per heavy atom. The Bertz CT molecular complexity index is 1030. The average molecular weight is 425 g/mol. The second kappa shape index (κ2) is 8.93. The van der Waals surface area contributed by atoms with E-state index in [9.17, 15) is 9.18 Å². The number of piperazine rings is 1. The minimum Gasteiger partial charge on any atom is -0.369 e. The maximum atomic E-state index is 13.1. The molecule has 1 N–H and O–H groups in total. The molecule has 0 spiro atoms. The molecule has 156 valence electrons. The van der Waals surface area contributed by atoms with Gasteiger partial charge in [-0.15, -0.1) is 11.3 Å². The number of anilines is 2. The molecule has 0 saturated carbocycles. The molecule has 1 saturated heterocycles. The van der Waals surface area contributed by atoms with Gasteiger partial charge in [0.2, 0.25) is 5.91 Å². The van der Waals surface area contributed by atoms with E-state index >= 15 is 0 Å². The normalized spacial score (nSPS) is 14.7. The number of nitrogens with one attached hydrogen (secondary N) is 1. The van der Waals surface area contributed by atoms with Crippen LogP contribution in [-0.2, 0) is 11.2 Å². The highest BCUT2D eigenvalue weighted by Gasteiger charge is 2.16. The maximum absolute atomic E-state index is 13.1. The predicted molar refractivity (Wildman–Crippen MR) is 121 cm³/mol. The SMILES string of the molecule is Cc1cc(NC(=O)Cc2csc(-c3ccc(F)cc3)n2)ccc1N1CCN(C)CC1. The number of carbonyl (C=O) groups excluding carboxylic acids is 1. The number of likely N-dealkylation sites (N-methyl/N-ethyl adjacent to an activating group) is 1. The zero-order valence-electron chi connectivity index (χ0n) is 17.2. The van der Waals surface area contributed by atoms with Crippen molar-refractivity contribution in [1.82, 2.24) is 9.88 Å². The number of thiazole rings is 1. The fraction of sp³-hybridized carbons (Fsp3) is 0.304. The van der Waals surface area contributed by atoms with Crippen LogP contribution in [0.5, 0.6) is 0 Å². The summed E-state index contributed by atoms with van der Waals surface area (Å²) in [7, 11) is 2.15. The molecule has 1 aliphatic rings. The lowest BCUT2D eigenvalue weighted by Gasteiger charge is -2.35. The van der Waals surface area contributed by atoms with Crippen LogP contribution in [0.4, 0.5) is 15.8 Å². The number of rotatable bonds is 5. The number of hydrogen-bond donors (Lipinski definition) is 1. The number of halogens is 1. The Hall–Kier alpha value is -2.77. The average Bonchev–Trinajstić information content (AvgIpc) is 3.18. The molecule has 1 aromatic heterocycles. The van der Waals surface area contributed by atoms with Gasteiger partial charge in [0.25, 0.3) is 0 Å². The number of aryl methyl sites for hydroxylation is 1. The van der Waals surface area contributed by atoms with E-state index in [2.05, 4.69) is 40.1 Å². The number of hydrogen-bond acceptors (Lipinski definition) is 5. The van der Waals surface area contributed by atoms with Crippen molar-refractivity contribution in [1.29, 1.82) is 0 Å². The molecule has 4 rings (SSSR count). The lowest BCUT2D eigenvalue weighted by Crippen LogP contribution is -2.44. The van der Waals surface area contributed by atoms with Crippen LogP contribution in [0.3, 0.4) is 0 Å². The monoisotopic (exact) mass is 424 g/mol. The minimum atomic E-state index is -0.274. The van der Waals surface area contributed by atoms with E-state index in [0.717, 1.165) is 48.0 Å². The van der Waals surface area contributed by atoms with E-state index in [0.29, 0.717) is 5.69 Å². The topological polar surface area (TPSA) is 48.5 Å². The first-order valence-corrected chi connectivity index (χ1v) is 10.9. The van der Waals surface area contributed by atoms with Crippen LogP contribution in [0.25, 0.3) is 10.6 Å². The molecular weight excluding hydrogens is 399 g/mol. The van der Waals surface area contributed by atoms with E-state index < -0.39 is 0 Å². The van der Waals surface area contributed by atoms with E-state index in [1.807, 2.05) is 17.5 Å². The molecule has 0 atom stereocenters. The number of nitrogens with zero attached hydrogens (tertiary/aromatic N) is 3. The van der Waals surface area contributed by atoms with Gasteiger partial charge in [-0.3, -0.25) is 4.79 Å². The van der Waals surface area contributed by atoms with E-state index in [4.69, 9.17) is 0 Å². The molecule has 0 aliphatic carbocycles. The molecule has 2 heterocycles. The summed E-state index contributed by atoms with van der Waals surface area (Å²) >= 11 is 1.45. The lowest BCUT2D eigenvalue weighted by atomic mass is 10.1. The Labute approximate surface area is 180 Å². The van der Waals surface area contributed by atoms with Crippen LogP contribution in [0.1, 0.15) is 11.3 Å². The summed E-state index contributed by atoms with van der Waals surface area (Å²) in [6.07, 6.45) is 0.205. The Kier molecular flexibility index (Phi) is 6.11. The van der Waals surface area contributed by atoms with Crippen molar-refractivity contribution in [2.24, 2.45) is 0 Å². The molecule has 0 radical (unpaired) electrons. The van der Waals surface area contributed by atoms with Gasteiger partial charge < -0.3 is 15.1 Å². The summed E-state index contributed by atoms with van der Waals surface area (Å²) in [5.41, 5.74) is 4.74. The van der Waals surface area contributed by atoms with Crippen molar-refractivity contribution in [3.05, 3.63) is 64.9 Å². The number of carbonyl (C=O) groups is 1. The van der Waals surface area contributed by atoms with Crippen LogP contribution in [-0.4, -0.2) is 49.0 Å². The second-order valence-corrected chi connectivity index (χ2v) is 8.53. The number of amides is 1. The molecule has 3 aromatic rings. The maximum Gasteiger partial charge on any atom is 0.230 e. The fourth-order valence-electron chi connectivity index (χ4n) is 3.62. The number of aromatic nitrogens is 1. The quantitative estimate of drug-likeness (QED) is 0.667. The molecule has 0 bridgehead atoms. The summed E-state index contributed by atoms with van der Waals surface area (Å²) < 4.78 is 13.1. The fourth-order valence-corrected chi connectivity index (χ4v) is 4.44. The third-order valence-electron chi connectivity index (χ3n) is 5.31. The van der Waals surface area contributed by atoms with Crippen molar-refractivity contribution in [3.63, 3.8) is 0 Å². The lowest BCUT2D eigenvalue weighted by molar-refractivity contribution is -0.115. The van der Waals surface area contributed by atoms with Gasteiger partial charge in [-0.25, -0.2) is 9.37 Å². The second-order valence-electron chi connectivity index (χ2n) is 7.67. The predicted octanol–water partition coefficient (Wildman–Crippen LogP) is 4.19. The van der Waals surface area contributed by atoms with Crippen molar-refractivity contribution < 1.29 is 9.18 Å². The first-order valence-electron chi connectivity index (χ1n) is 10.0. The van der Waals surface area contributed by atoms with Crippen molar-refractivity contribution in [2.75, 3.05) is 43.4 Å². The van der Waals surface area contributed by atoms with Crippen molar-refractivity contribution >= 4 is 28.6 Å². The van der Waals surface area contributed by atoms with Crippen LogP contribution < -0.4 is 10.2 Å². The third kappa shape index (κ3) is 4.86. The standard InChI is InChI=1S/C23H25FN4OS/c1-16-13-19(7-8-21(16)28-11-9-27(2)10-12-28)25-22(29)14-20-15-30-23(26-20)17-3-5-18(24)6-4-17/h3-8,13,15H,9-12,14H2,1-2H3,(H,25,29). The van der Waals surface area contributed by atoms with Gasteiger partial charge in [0.15, 0.2) is 0 Å². The van der Waals surface area contributed by atoms with E-state index in [1.165, 1.54) is 29.2 Å². The zero-order valence-corrected chi connectivity index (χ0v) is 18.0. The van der Waals surface area contributed by atoms with Crippen LogP contribution in [0, 0.1) is 12.7 Å². The van der Waals surface area contributed by atoms with Crippen LogP contribution >= 0.6 is 11.3 Å². The van der Waals surface area contributed by atoms with Gasteiger partial charge in [-0.1, -0.05) is 0 Å². The van der Waals surface area contributed by atoms with Gasteiger partial charge in [-0.2, -0.15) is 0 Å². The molecule has 1 fully saturated rings. The Balaban J connectivity index is 1.37. The summed E-state index contributed by atoms with van der Waals surface area (Å²) in [4.78, 5) is 21.7. The minimum absolute atomic E-state index is 0.0993. The molecule has 30 heavy (non-hydrogen) atoms.